The van der Waals surface area contributed by atoms with Crippen LogP contribution in [0.25, 0.3) is 0 Å². The molecular formula is C16H30B3F12N3. The van der Waals surface area contributed by atoms with Gasteiger partial charge in [0.2, 0.25) is 0 Å². The zero-order valence-electron chi connectivity index (χ0n) is 19.1. The molecule has 2 heterocycles. The van der Waals surface area contributed by atoms with Crippen LogP contribution >= 0.6 is 0 Å². The molecule has 0 aromatic rings. The van der Waals surface area contributed by atoms with Crippen LogP contribution in [0.15, 0.2) is 48.9 Å². The summed E-state index contributed by atoms with van der Waals surface area (Å²) < 4.78 is 118. The van der Waals surface area contributed by atoms with Gasteiger partial charge in [-0.2, -0.15) is 0 Å². The van der Waals surface area contributed by atoms with E-state index < -0.39 is 21.8 Å². The van der Waals surface area contributed by atoms with Gasteiger partial charge in [-0.15, -0.1) is 0 Å². The largest absolute Gasteiger partial charge is 0.673 e. The van der Waals surface area contributed by atoms with Crippen LogP contribution < -0.4 is 10.6 Å². The molecule has 3 nitrogen and oxygen atoms in total. The van der Waals surface area contributed by atoms with E-state index in [0.717, 1.165) is 0 Å². The first-order chi connectivity index (χ1) is 15.1. The Morgan fingerprint density at radius 3 is 0.912 bits per heavy atom. The molecule has 0 atom stereocenters. The predicted octanol–water partition coefficient (Wildman–Crippen LogP) is 4.37. The highest BCUT2D eigenvalue weighted by atomic mass is 19.5. The lowest BCUT2D eigenvalue weighted by molar-refractivity contribution is -0.904. The number of hydrogen-bond acceptors (Lipinski definition) is 0. The molecule has 2 aliphatic heterocycles. The number of hydrogen-bond donors (Lipinski definition) is 2. The maximum Gasteiger partial charge on any atom is 0.673 e. The molecule has 2 aliphatic rings. The molecule has 18 heteroatoms. The minimum atomic E-state index is -6.00. The predicted molar refractivity (Wildman–Crippen MR) is 112 cm³/mol. The first-order valence-corrected chi connectivity index (χ1v) is 9.96. The van der Waals surface area contributed by atoms with Crippen molar-refractivity contribution in [2.75, 3.05) is 26.7 Å². The summed E-state index contributed by atoms with van der Waals surface area (Å²) in [6.45, 7) is 10.5. The highest BCUT2D eigenvalue weighted by Crippen LogP contribution is 2.07. The van der Waals surface area contributed by atoms with E-state index in [0.29, 0.717) is 0 Å². The van der Waals surface area contributed by atoms with Gasteiger partial charge < -0.3 is 56.3 Å². The van der Waals surface area contributed by atoms with Crippen molar-refractivity contribution in [1.29, 1.82) is 0 Å². The van der Waals surface area contributed by atoms with Crippen LogP contribution in [0, 0.1) is 0 Å². The molecule has 0 unspecified atom stereocenters. The van der Waals surface area contributed by atoms with E-state index >= 15 is 0 Å². The first-order valence-electron chi connectivity index (χ1n) is 9.96. The Hall–Kier alpha value is -1.81. The van der Waals surface area contributed by atoms with Crippen molar-refractivity contribution in [3.05, 3.63) is 48.9 Å². The van der Waals surface area contributed by atoms with Crippen molar-refractivity contribution in [3.8, 4) is 0 Å². The second-order valence-corrected chi connectivity index (χ2v) is 6.87. The molecular weight excluding hydrogens is 495 g/mol. The zero-order chi connectivity index (χ0) is 27.7. The Morgan fingerprint density at radius 2 is 0.794 bits per heavy atom. The van der Waals surface area contributed by atoms with Gasteiger partial charge in [0, 0.05) is 12.2 Å². The van der Waals surface area contributed by atoms with Crippen molar-refractivity contribution in [1.82, 2.24) is 0 Å². The third-order valence-corrected chi connectivity index (χ3v) is 4.27. The van der Waals surface area contributed by atoms with E-state index in [4.69, 9.17) is 0 Å². The lowest BCUT2D eigenvalue weighted by Crippen LogP contribution is -3.15. The molecule has 1 spiro atoms. The van der Waals surface area contributed by atoms with E-state index in [1.807, 2.05) is 12.2 Å². The van der Waals surface area contributed by atoms with Gasteiger partial charge in [-0.1, -0.05) is 0 Å². The average Bonchev–Trinajstić information content (AvgIpc) is 2.65. The SMILES string of the molecule is C1=C[NH2+]C2(C=C1)C=CC=C[NH2+]2.CC[N+](C)(CC)CC.F[B-](F)(F)F.F[B-](F)(F)F.F[B-](F)(F)F. The Bertz CT molecular complexity index is 557. The molecule has 4 N–H and O–H groups in total. The summed E-state index contributed by atoms with van der Waals surface area (Å²) in [6, 6.07) is 0. The minimum absolute atomic E-state index is 0.0729. The second kappa shape index (κ2) is 16.8. The van der Waals surface area contributed by atoms with Crippen LogP contribution in [0.1, 0.15) is 20.8 Å². The van der Waals surface area contributed by atoms with Gasteiger partial charge in [0.1, 0.15) is 0 Å². The fraction of sp³-hybridized carbons (Fsp3) is 0.500. The summed E-state index contributed by atoms with van der Waals surface area (Å²) in [6.07, 6.45) is 16.8. The maximum atomic E-state index is 9.75. The van der Waals surface area contributed by atoms with Crippen LogP contribution in [0.4, 0.5) is 51.8 Å². The fourth-order valence-corrected chi connectivity index (χ4v) is 2.02. The van der Waals surface area contributed by atoms with Crippen LogP contribution in [0.2, 0.25) is 0 Å². The standard InChI is InChI=1S/C9H10N2.C7H18N.3BF4/c1-3-7-10-9(5-1)6-2-4-8-11-9;1-5-8(4,6-2)7-3;3*2-1(3,4)5/h1-8,10-11H;5-7H2,1-4H3;;;/q;+1;3*-1/p+2. The monoisotopic (exact) mass is 525 g/mol. The highest BCUT2D eigenvalue weighted by Gasteiger charge is 2.31. The van der Waals surface area contributed by atoms with E-state index in [1.165, 1.54) is 24.1 Å². The molecule has 0 saturated carbocycles. The number of nitrogens with two attached hydrogens (primary N) is 2. The molecule has 202 valence electrons. The van der Waals surface area contributed by atoms with Crippen LogP contribution in [0.5, 0.6) is 0 Å². The third-order valence-electron chi connectivity index (χ3n) is 4.27. The molecule has 0 aliphatic carbocycles. The topological polar surface area (TPSA) is 33.2 Å². The van der Waals surface area contributed by atoms with Gasteiger partial charge in [-0.3, -0.25) is 10.6 Å². The smallest absolute Gasteiger partial charge is 0.418 e. The van der Waals surface area contributed by atoms with Gasteiger partial charge in [-0.25, -0.2) is 0 Å². The van der Waals surface area contributed by atoms with Gasteiger partial charge in [0.05, 0.1) is 39.1 Å². The van der Waals surface area contributed by atoms with Crippen LogP contribution in [-0.4, -0.2) is 58.6 Å². The summed E-state index contributed by atoms with van der Waals surface area (Å²) in [5.41, 5.74) is 0.0729. The van der Waals surface area contributed by atoms with Gasteiger partial charge in [0.25, 0.3) is 5.66 Å². The quantitative estimate of drug-likeness (QED) is 0.312. The van der Waals surface area contributed by atoms with E-state index in [9.17, 15) is 51.8 Å². The molecule has 34 heavy (non-hydrogen) atoms. The van der Waals surface area contributed by atoms with E-state index in [-0.39, 0.29) is 5.66 Å². The lowest BCUT2D eigenvalue weighted by Gasteiger charge is -2.30. The van der Waals surface area contributed by atoms with Crippen LogP contribution in [-0.2, 0) is 0 Å². The molecule has 0 bridgehead atoms. The van der Waals surface area contributed by atoms with Crippen LogP contribution in [0.3, 0.4) is 0 Å². The third kappa shape index (κ3) is 34.8. The van der Waals surface area contributed by atoms with E-state index in [2.05, 4.69) is 75.2 Å². The molecule has 0 amide bonds. The number of allylic oxidation sites excluding steroid dienone is 4. The van der Waals surface area contributed by atoms with Gasteiger partial charge in [-0.05, 0) is 45.1 Å². The average molecular weight is 525 g/mol. The fourth-order valence-electron chi connectivity index (χ4n) is 2.02. The summed E-state index contributed by atoms with van der Waals surface area (Å²) >= 11 is 0. The van der Waals surface area contributed by atoms with Crippen molar-refractivity contribution in [3.63, 3.8) is 0 Å². The molecule has 0 aromatic heterocycles. The summed E-state index contributed by atoms with van der Waals surface area (Å²) in [7, 11) is -15.7. The lowest BCUT2D eigenvalue weighted by atomic mass is 10.1. The Balaban J connectivity index is -0.000000373. The molecule has 0 radical (unpaired) electrons. The Morgan fingerprint density at radius 1 is 0.559 bits per heavy atom. The minimum Gasteiger partial charge on any atom is -0.418 e. The number of halogens is 12. The molecule has 0 aromatic carbocycles. The Labute approximate surface area is 191 Å². The molecule has 0 saturated heterocycles. The Kier molecular flexibility index (Phi) is 18.1. The summed E-state index contributed by atoms with van der Waals surface area (Å²) in [5, 5.41) is 4.38. The zero-order valence-corrected chi connectivity index (χ0v) is 19.1. The van der Waals surface area contributed by atoms with Gasteiger partial charge in [0.15, 0.2) is 0 Å². The van der Waals surface area contributed by atoms with Crippen molar-refractivity contribution in [2.24, 2.45) is 0 Å². The molecule has 0 fully saturated rings. The van der Waals surface area contributed by atoms with Crippen molar-refractivity contribution >= 4 is 21.8 Å². The first kappa shape index (κ1) is 36.8. The number of quaternary nitrogens is 3. The summed E-state index contributed by atoms with van der Waals surface area (Å²) in [5.74, 6) is 0. The van der Waals surface area contributed by atoms with Gasteiger partial charge >= 0.3 is 21.8 Å². The maximum absolute atomic E-state index is 9.75. The number of nitrogens with zero attached hydrogens (tertiary/aromatic N) is 1. The highest BCUT2D eigenvalue weighted by molar-refractivity contribution is 6.50. The molecule has 2 rings (SSSR count). The van der Waals surface area contributed by atoms with Crippen molar-refractivity contribution < 1.29 is 66.9 Å². The summed E-state index contributed by atoms with van der Waals surface area (Å²) in [4.78, 5) is 0. The normalized spacial score (nSPS) is 16.1. The second-order valence-electron chi connectivity index (χ2n) is 6.87. The van der Waals surface area contributed by atoms with Crippen molar-refractivity contribution in [2.45, 2.75) is 26.4 Å². The van der Waals surface area contributed by atoms with E-state index in [1.54, 1.807) is 0 Å². The number of rotatable bonds is 3.